The molecular weight excluding hydrogens is 214 g/mol. The van der Waals surface area contributed by atoms with E-state index in [0.29, 0.717) is 6.17 Å². The van der Waals surface area contributed by atoms with Crippen LogP contribution in [0.4, 0.5) is 0 Å². The van der Waals surface area contributed by atoms with Crippen molar-refractivity contribution in [2.45, 2.75) is 6.17 Å². The van der Waals surface area contributed by atoms with Crippen LogP contribution in [0.1, 0.15) is 0 Å². The molecule has 0 spiro atoms. The lowest BCUT2D eigenvalue weighted by Crippen LogP contribution is -2.49. The average molecular weight is 237 g/mol. The Labute approximate surface area is 101 Å². The predicted molar refractivity (Wildman–Crippen MR) is 73.8 cm³/mol. The summed E-state index contributed by atoms with van der Waals surface area (Å²) in [6, 6.07) is 10.7. The molecule has 1 N–H and O–H groups in total. The summed E-state index contributed by atoms with van der Waals surface area (Å²) in [4.78, 5) is 8.10. The fraction of sp³-hybridized carbons (Fsp3) is 0.500. The molecule has 0 aliphatic rings. The molecule has 90 valence electrons. The maximum absolute atomic E-state index is 3.62. The molecule has 0 aromatic heterocycles. The second-order valence-corrected chi connectivity index (χ2v) is 6.19. The Bertz CT molecular complexity index is 280. The van der Waals surface area contributed by atoms with E-state index in [2.05, 4.69) is 73.3 Å². The number of rotatable bonds is 6. The van der Waals surface area contributed by atoms with Gasteiger partial charge < -0.3 is 4.98 Å². The van der Waals surface area contributed by atoms with Crippen LogP contribution in [0.15, 0.2) is 30.3 Å². The van der Waals surface area contributed by atoms with Crippen molar-refractivity contribution in [3.05, 3.63) is 30.3 Å². The van der Waals surface area contributed by atoms with Crippen LogP contribution in [-0.2, 0) is 0 Å². The molecular formula is C12H23N3Si. The second kappa shape index (κ2) is 6.80. The van der Waals surface area contributed by atoms with Gasteiger partial charge in [-0.05, 0) is 28.2 Å². The normalized spacial score (nSPS) is 12.4. The molecule has 0 saturated heterocycles. The quantitative estimate of drug-likeness (QED) is 0.528. The zero-order chi connectivity index (χ0) is 12.0. The molecule has 0 radical (unpaired) electrons. The van der Waals surface area contributed by atoms with Gasteiger partial charge in [0.15, 0.2) is 0 Å². The smallest absolute Gasteiger partial charge is 0.124 e. The van der Waals surface area contributed by atoms with Crippen molar-refractivity contribution in [3.63, 3.8) is 0 Å². The lowest BCUT2D eigenvalue weighted by molar-refractivity contribution is 0.133. The van der Waals surface area contributed by atoms with Crippen LogP contribution in [0, 0.1) is 0 Å². The lowest BCUT2D eigenvalue weighted by atomic mass is 10.4. The number of likely N-dealkylation sites (N-methyl/N-ethyl adjacent to an activating group) is 2. The minimum absolute atomic E-state index is 0.321. The van der Waals surface area contributed by atoms with E-state index in [0.717, 1.165) is 6.54 Å². The topological polar surface area (TPSA) is 18.5 Å². The average Bonchev–Trinajstić information content (AvgIpc) is 2.24. The van der Waals surface area contributed by atoms with E-state index >= 15 is 0 Å². The predicted octanol–water partition coefficient (Wildman–Crippen LogP) is -0.565. The lowest BCUT2D eigenvalue weighted by Gasteiger charge is -2.30. The molecule has 4 heteroatoms. The summed E-state index contributed by atoms with van der Waals surface area (Å²) in [6.07, 6.45) is 0.469. The van der Waals surface area contributed by atoms with Crippen molar-refractivity contribution in [3.8, 4) is 0 Å². The maximum atomic E-state index is 3.62. The van der Waals surface area contributed by atoms with Crippen LogP contribution in [0.5, 0.6) is 0 Å². The highest BCUT2D eigenvalue weighted by atomic mass is 28.2. The highest BCUT2D eigenvalue weighted by molar-refractivity contribution is 6.50. The zero-order valence-corrected chi connectivity index (χ0v) is 12.2. The minimum Gasteiger partial charge on any atom is -0.336 e. The van der Waals surface area contributed by atoms with Crippen LogP contribution in [0.3, 0.4) is 0 Å². The fourth-order valence-corrected chi connectivity index (χ4v) is 2.97. The largest absolute Gasteiger partial charge is 0.336 e. The Morgan fingerprint density at radius 3 is 2.12 bits per heavy atom. The van der Waals surface area contributed by atoms with E-state index in [1.165, 1.54) is 5.19 Å². The van der Waals surface area contributed by atoms with Crippen LogP contribution in [0.25, 0.3) is 0 Å². The summed E-state index contributed by atoms with van der Waals surface area (Å²) in [7, 11) is 8.16. The maximum Gasteiger partial charge on any atom is 0.124 e. The van der Waals surface area contributed by atoms with E-state index in [1.807, 2.05) is 0 Å². The number of benzene rings is 1. The first-order valence-corrected chi connectivity index (χ1v) is 7.10. The van der Waals surface area contributed by atoms with Crippen LogP contribution >= 0.6 is 0 Å². The molecule has 3 nitrogen and oxygen atoms in total. The van der Waals surface area contributed by atoms with Gasteiger partial charge in [0.1, 0.15) is 9.68 Å². The summed E-state index contributed by atoms with van der Waals surface area (Å²) in [5, 5.41) is 1.47. The molecule has 0 fully saturated rings. The molecule has 0 aliphatic carbocycles. The first kappa shape index (κ1) is 13.4. The Morgan fingerprint density at radius 2 is 1.62 bits per heavy atom. The summed E-state index contributed by atoms with van der Waals surface area (Å²) in [5.41, 5.74) is 0. The van der Waals surface area contributed by atoms with Crippen molar-refractivity contribution in [1.29, 1.82) is 0 Å². The molecule has 16 heavy (non-hydrogen) atoms. The molecule has 0 amide bonds. The van der Waals surface area contributed by atoms with Gasteiger partial charge in [0.2, 0.25) is 0 Å². The molecule has 1 rings (SSSR count). The van der Waals surface area contributed by atoms with Crippen molar-refractivity contribution in [1.82, 2.24) is 14.8 Å². The van der Waals surface area contributed by atoms with Gasteiger partial charge in [0.05, 0.1) is 6.17 Å². The van der Waals surface area contributed by atoms with Crippen LogP contribution < -0.4 is 10.2 Å². The number of hydrogen-bond donors (Lipinski definition) is 1. The third-order valence-corrected chi connectivity index (χ3v) is 4.11. The minimum atomic E-state index is -0.321. The Hall–Kier alpha value is -0.683. The first-order chi connectivity index (χ1) is 7.61. The van der Waals surface area contributed by atoms with Gasteiger partial charge in [0.25, 0.3) is 0 Å². The van der Waals surface area contributed by atoms with Crippen molar-refractivity contribution in [2.75, 3.05) is 34.7 Å². The first-order valence-electron chi connectivity index (χ1n) is 5.68. The van der Waals surface area contributed by atoms with Crippen molar-refractivity contribution >= 4 is 14.9 Å². The van der Waals surface area contributed by atoms with Crippen LogP contribution in [-0.4, -0.2) is 60.4 Å². The second-order valence-electron chi connectivity index (χ2n) is 4.52. The highest BCUT2D eigenvalue weighted by Gasteiger charge is 2.12. The molecule has 1 aromatic rings. The molecule has 1 aromatic carbocycles. The van der Waals surface area contributed by atoms with E-state index in [4.69, 9.17) is 0 Å². The van der Waals surface area contributed by atoms with Gasteiger partial charge in [-0.1, -0.05) is 35.5 Å². The van der Waals surface area contributed by atoms with Gasteiger partial charge >= 0.3 is 0 Å². The summed E-state index contributed by atoms with van der Waals surface area (Å²) < 4.78 is 0. The van der Waals surface area contributed by atoms with Gasteiger partial charge in [-0.15, -0.1) is 0 Å². The summed E-state index contributed by atoms with van der Waals surface area (Å²) in [5.74, 6) is 0. The van der Waals surface area contributed by atoms with Crippen molar-refractivity contribution < 1.29 is 0 Å². The highest BCUT2D eigenvalue weighted by Crippen LogP contribution is 1.94. The van der Waals surface area contributed by atoms with Crippen molar-refractivity contribution in [2.24, 2.45) is 0 Å². The number of nitrogens with one attached hydrogen (secondary N) is 1. The summed E-state index contributed by atoms with van der Waals surface area (Å²) in [6.45, 7) is 1.03. The summed E-state index contributed by atoms with van der Waals surface area (Å²) >= 11 is 0. The standard InChI is InChI=1S/C12H23N3Si/c1-14(2)12(15(3)4)10-13-16-11-8-6-5-7-9-11/h5-9,12-13H,10,16H2,1-4H3. The number of hydrogen-bond acceptors (Lipinski definition) is 3. The van der Waals surface area contributed by atoms with E-state index in [9.17, 15) is 0 Å². The van der Waals surface area contributed by atoms with Gasteiger partial charge in [-0.3, -0.25) is 9.80 Å². The zero-order valence-electron chi connectivity index (χ0n) is 10.8. The van der Waals surface area contributed by atoms with Gasteiger partial charge in [-0.25, -0.2) is 0 Å². The third kappa shape index (κ3) is 4.45. The Kier molecular flexibility index (Phi) is 5.69. The SMILES string of the molecule is CN(C)C(CN[SiH2]c1ccccc1)N(C)C. The third-order valence-electron chi connectivity index (χ3n) is 2.69. The molecule has 0 unspecified atom stereocenters. The molecule has 0 heterocycles. The van der Waals surface area contributed by atoms with E-state index in [1.54, 1.807) is 0 Å². The molecule has 0 atom stereocenters. The van der Waals surface area contributed by atoms with Gasteiger partial charge in [-0.2, -0.15) is 0 Å². The fourth-order valence-electron chi connectivity index (χ4n) is 1.77. The van der Waals surface area contributed by atoms with E-state index < -0.39 is 0 Å². The molecule has 0 saturated carbocycles. The van der Waals surface area contributed by atoms with Crippen LogP contribution in [0.2, 0.25) is 0 Å². The monoisotopic (exact) mass is 237 g/mol. The molecule has 0 bridgehead atoms. The molecule has 0 aliphatic heterocycles. The Balaban J connectivity index is 2.34. The van der Waals surface area contributed by atoms with Gasteiger partial charge in [0, 0.05) is 6.54 Å². The van der Waals surface area contributed by atoms with E-state index in [-0.39, 0.29) is 9.68 Å². The Morgan fingerprint density at radius 1 is 1.06 bits per heavy atom. The number of nitrogens with zero attached hydrogens (tertiary/aromatic N) is 2.